The molecule has 0 atom stereocenters. The summed E-state index contributed by atoms with van der Waals surface area (Å²) in [5, 5.41) is 11.8. The van der Waals surface area contributed by atoms with Crippen LogP contribution in [0.5, 0.6) is 0 Å². The Morgan fingerprint density at radius 3 is 2.50 bits per heavy atom. The normalized spacial score (nSPS) is 14.2. The molecule has 4 rings (SSSR count). The van der Waals surface area contributed by atoms with E-state index in [1.165, 1.54) is 17.3 Å². The first-order chi connectivity index (χ1) is 16.5. The van der Waals surface area contributed by atoms with Crippen LogP contribution in [0.25, 0.3) is 5.69 Å². The highest BCUT2D eigenvalue weighted by molar-refractivity contribution is 7.99. The van der Waals surface area contributed by atoms with Crippen molar-refractivity contribution in [1.82, 2.24) is 29.9 Å². The van der Waals surface area contributed by atoms with Crippen molar-refractivity contribution in [2.75, 3.05) is 39.0 Å². The second-order valence-corrected chi connectivity index (χ2v) is 9.27. The molecule has 1 N–H and O–H groups in total. The minimum absolute atomic E-state index is 0.0637. The van der Waals surface area contributed by atoms with Crippen LogP contribution in [0.1, 0.15) is 28.4 Å². The van der Waals surface area contributed by atoms with Crippen molar-refractivity contribution >= 4 is 23.6 Å². The summed E-state index contributed by atoms with van der Waals surface area (Å²) in [5.74, 6) is 0.224. The maximum absolute atomic E-state index is 12.7. The van der Waals surface area contributed by atoms with Crippen LogP contribution in [0.2, 0.25) is 0 Å². The number of aromatic nitrogens is 3. The third-order valence-corrected chi connectivity index (χ3v) is 6.91. The molecular weight excluding hydrogens is 448 g/mol. The Kier molecular flexibility index (Phi) is 7.97. The van der Waals surface area contributed by atoms with Gasteiger partial charge in [-0.15, -0.1) is 10.2 Å². The van der Waals surface area contributed by atoms with E-state index in [4.69, 9.17) is 0 Å². The molecule has 2 heterocycles. The van der Waals surface area contributed by atoms with Crippen molar-refractivity contribution in [3.8, 4) is 5.69 Å². The average Bonchev–Trinajstić information content (AvgIpc) is 3.35. The lowest BCUT2D eigenvalue weighted by Crippen LogP contribution is -2.47. The first-order valence-electron chi connectivity index (χ1n) is 11.5. The predicted octanol–water partition coefficient (Wildman–Crippen LogP) is 2.63. The smallest absolute Gasteiger partial charge is 0.253 e. The van der Waals surface area contributed by atoms with E-state index in [0.717, 1.165) is 43.9 Å². The van der Waals surface area contributed by atoms with E-state index < -0.39 is 0 Å². The Hall–Kier alpha value is -3.17. The molecule has 8 nitrogen and oxygen atoms in total. The van der Waals surface area contributed by atoms with Crippen LogP contribution in [0, 0.1) is 0 Å². The minimum atomic E-state index is -0.0825. The van der Waals surface area contributed by atoms with Gasteiger partial charge < -0.3 is 15.1 Å². The maximum Gasteiger partial charge on any atom is 0.253 e. The van der Waals surface area contributed by atoms with E-state index in [2.05, 4.69) is 40.5 Å². The molecule has 0 bridgehead atoms. The van der Waals surface area contributed by atoms with Crippen LogP contribution in [0.4, 0.5) is 0 Å². The molecule has 1 saturated heterocycles. The van der Waals surface area contributed by atoms with Gasteiger partial charge in [-0.05, 0) is 42.8 Å². The molecule has 1 fully saturated rings. The van der Waals surface area contributed by atoms with Crippen molar-refractivity contribution in [3.63, 3.8) is 0 Å². The summed E-state index contributed by atoms with van der Waals surface area (Å²) in [7, 11) is 2.07. The van der Waals surface area contributed by atoms with Crippen LogP contribution < -0.4 is 5.32 Å². The zero-order valence-electron chi connectivity index (χ0n) is 19.6. The summed E-state index contributed by atoms with van der Waals surface area (Å²) in [6, 6.07) is 15.6. The number of rotatable bonds is 8. The SMILES string of the molecule is CCc1ccccc1-n1cnnc1SCC(=O)NCc1ccc(C(=O)N2CCN(C)CC2)cc1. The zero-order chi connectivity index (χ0) is 23.9. The van der Waals surface area contributed by atoms with Gasteiger partial charge in [0.25, 0.3) is 5.91 Å². The van der Waals surface area contributed by atoms with E-state index >= 15 is 0 Å². The third kappa shape index (κ3) is 5.84. The predicted molar refractivity (Wildman–Crippen MR) is 133 cm³/mol. The van der Waals surface area contributed by atoms with Crippen molar-refractivity contribution in [2.24, 2.45) is 0 Å². The lowest BCUT2D eigenvalue weighted by atomic mass is 10.1. The van der Waals surface area contributed by atoms with E-state index in [1.54, 1.807) is 6.33 Å². The summed E-state index contributed by atoms with van der Waals surface area (Å²) in [6.45, 7) is 5.82. The molecule has 178 valence electrons. The van der Waals surface area contributed by atoms with Crippen molar-refractivity contribution < 1.29 is 9.59 Å². The first-order valence-corrected chi connectivity index (χ1v) is 12.5. The van der Waals surface area contributed by atoms with E-state index in [0.29, 0.717) is 17.3 Å². The molecule has 2 amide bonds. The second kappa shape index (κ2) is 11.3. The highest BCUT2D eigenvalue weighted by atomic mass is 32.2. The van der Waals surface area contributed by atoms with Gasteiger partial charge >= 0.3 is 0 Å². The summed E-state index contributed by atoms with van der Waals surface area (Å²) in [6.07, 6.45) is 2.58. The molecule has 34 heavy (non-hydrogen) atoms. The largest absolute Gasteiger partial charge is 0.351 e. The first kappa shape index (κ1) is 24.0. The summed E-state index contributed by atoms with van der Waals surface area (Å²) in [4.78, 5) is 29.2. The number of amides is 2. The lowest BCUT2D eigenvalue weighted by molar-refractivity contribution is -0.118. The quantitative estimate of drug-likeness (QED) is 0.501. The maximum atomic E-state index is 12.7. The number of hydrogen-bond donors (Lipinski definition) is 1. The third-order valence-electron chi connectivity index (χ3n) is 5.96. The molecule has 0 aliphatic carbocycles. The van der Waals surface area contributed by atoms with Crippen molar-refractivity contribution in [2.45, 2.75) is 25.0 Å². The fraction of sp³-hybridized carbons (Fsp3) is 0.360. The molecule has 0 radical (unpaired) electrons. The van der Waals surface area contributed by atoms with E-state index in [-0.39, 0.29) is 17.6 Å². The van der Waals surface area contributed by atoms with Crippen molar-refractivity contribution in [3.05, 3.63) is 71.5 Å². The van der Waals surface area contributed by atoms with Crippen LogP contribution in [0.3, 0.4) is 0 Å². The molecule has 3 aromatic rings. The van der Waals surface area contributed by atoms with Gasteiger partial charge in [0.15, 0.2) is 5.16 Å². The molecule has 0 unspecified atom stereocenters. The number of hydrogen-bond acceptors (Lipinski definition) is 6. The number of likely N-dealkylation sites (N-methyl/N-ethyl adjacent to an activating group) is 1. The Morgan fingerprint density at radius 1 is 1.03 bits per heavy atom. The molecule has 1 aromatic heterocycles. The fourth-order valence-electron chi connectivity index (χ4n) is 3.87. The number of nitrogens with zero attached hydrogens (tertiary/aromatic N) is 5. The highest BCUT2D eigenvalue weighted by Crippen LogP contribution is 2.22. The topological polar surface area (TPSA) is 83.4 Å². The van der Waals surface area contributed by atoms with Gasteiger partial charge in [-0.25, -0.2) is 0 Å². The van der Waals surface area contributed by atoms with Gasteiger partial charge in [0.1, 0.15) is 6.33 Å². The standard InChI is InChI=1S/C25H30N6O2S/c1-3-20-6-4-5-7-22(20)31-18-27-28-25(31)34-17-23(32)26-16-19-8-10-21(11-9-19)24(33)30-14-12-29(2)13-15-30/h4-11,18H,3,12-17H2,1-2H3,(H,26,32). The van der Waals surface area contributed by atoms with Crippen molar-refractivity contribution in [1.29, 1.82) is 0 Å². The fourth-order valence-corrected chi connectivity index (χ4v) is 4.62. The Morgan fingerprint density at radius 2 is 1.76 bits per heavy atom. The molecule has 0 spiro atoms. The van der Waals surface area contributed by atoms with Crippen LogP contribution in [-0.2, 0) is 17.8 Å². The Balaban J connectivity index is 1.27. The van der Waals surface area contributed by atoms with Crippen LogP contribution >= 0.6 is 11.8 Å². The highest BCUT2D eigenvalue weighted by Gasteiger charge is 2.20. The van der Waals surface area contributed by atoms with Gasteiger partial charge in [-0.3, -0.25) is 14.2 Å². The zero-order valence-corrected chi connectivity index (χ0v) is 20.4. The lowest BCUT2D eigenvalue weighted by Gasteiger charge is -2.32. The van der Waals surface area contributed by atoms with Gasteiger partial charge in [0, 0.05) is 38.3 Å². The number of nitrogens with one attached hydrogen (secondary N) is 1. The minimum Gasteiger partial charge on any atom is -0.351 e. The molecular formula is C25H30N6O2S. The van der Waals surface area contributed by atoms with Gasteiger partial charge in [0.05, 0.1) is 11.4 Å². The molecule has 1 aliphatic rings. The number of piperazine rings is 1. The average molecular weight is 479 g/mol. The number of para-hydroxylation sites is 1. The summed E-state index contributed by atoms with van der Waals surface area (Å²) >= 11 is 1.36. The van der Waals surface area contributed by atoms with Gasteiger partial charge in [0.2, 0.25) is 5.91 Å². The van der Waals surface area contributed by atoms with Crippen LogP contribution in [0.15, 0.2) is 60.0 Å². The van der Waals surface area contributed by atoms with Gasteiger partial charge in [-0.2, -0.15) is 0 Å². The van der Waals surface area contributed by atoms with E-state index in [9.17, 15) is 9.59 Å². The number of aryl methyl sites for hydroxylation is 1. The summed E-state index contributed by atoms with van der Waals surface area (Å²) < 4.78 is 1.92. The number of carbonyl (C=O) groups excluding carboxylic acids is 2. The summed E-state index contributed by atoms with van der Waals surface area (Å²) in [5.41, 5.74) is 3.86. The Bertz CT molecular complexity index is 1120. The number of thioether (sulfide) groups is 1. The number of benzene rings is 2. The Labute approximate surface area is 204 Å². The monoisotopic (exact) mass is 478 g/mol. The van der Waals surface area contributed by atoms with Crippen LogP contribution in [-0.4, -0.2) is 75.4 Å². The second-order valence-electron chi connectivity index (χ2n) is 8.32. The number of carbonyl (C=O) groups is 2. The molecule has 2 aromatic carbocycles. The molecule has 0 saturated carbocycles. The molecule has 9 heteroatoms. The van der Waals surface area contributed by atoms with E-state index in [1.807, 2.05) is 51.9 Å². The molecule has 1 aliphatic heterocycles. The van der Waals surface area contributed by atoms with Gasteiger partial charge in [-0.1, -0.05) is 49.0 Å².